The minimum absolute atomic E-state index is 0.0699. The van der Waals surface area contributed by atoms with E-state index in [0.717, 1.165) is 51.3 Å². The molecule has 1 fully saturated rings. The summed E-state index contributed by atoms with van der Waals surface area (Å²) in [5, 5.41) is 12.0. The normalized spacial score (nSPS) is 16.5. The minimum atomic E-state index is 0.0699. The van der Waals surface area contributed by atoms with Gasteiger partial charge in [0.2, 0.25) is 5.91 Å². The fourth-order valence-electron chi connectivity index (χ4n) is 4.11. The summed E-state index contributed by atoms with van der Waals surface area (Å²) in [5.74, 6) is 1.12. The third-order valence-corrected chi connectivity index (χ3v) is 5.73. The second-order valence-electron chi connectivity index (χ2n) is 7.43. The van der Waals surface area contributed by atoms with E-state index in [-0.39, 0.29) is 11.8 Å². The van der Waals surface area contributed by atoms with Crippen LogP contribution in [0.1, 0.15) is 24.0 Å². The highest BCUT2D eigenvalue weighted by Gasteiger charge is 2.26. The molecule has 0 unspecified atom stereocenters. The molecule has 0 aliphatic carbocycles. The van der Waals surface area contributed by atoms with Crippen LogP contribution in [0.5, 0.6) is 0 Å². The summed E-state index contributed by atoms with van der Waals surface area (Å²) < 4.78 is 0. The van der Waals surface area contributed by atoms with Gasteiger partial charge in [-0.3, -0.25) is 4.79 Å². The fraction of sp³-hybridized carbons (Fsp3) is 0.409. The van der Waals surface area contributed by atoms with Crippen molar-refractivity contribution in [2.45, 2.75) is 19.3 Å². The Morgan fingerprint density at radius 2 is 2.00 bits per heavy atom. The van der Waals surface area contributed by atoms with Crippen molar-refractivity contribution in [3.8, 4) is 6.07 Å². The van der Waals surface area contributed by atoms with Crippen LogP contribution >= 0.6 is 0 Å². The number of nitriles is 1. The van der Waals surface area contributed by atoms with E-state index >= 15 is 0 Å². The number of rotatable bonds is 5. The summed E-state index contributed by atoms with van der Waals surface area (Å²) in [6.45, 7) is 4.21. The molecule has 0 spiro atoms. The van der Waals surface area contributed by atoms with Crippen molar-refractivity contribution < 1.29 is 4.79 Å². The lowest BCUT2D eigenvalue weighted by atomic mass is 9.96. The zero-order valence-corrected chi connectivity index (χ0v) is 16.0. The standard InChI is InChI=1S/C22H25N5O/c23-15-17-5-6-21(25-16-17)27-12-8-19(9-13-27)22(28)24-10-14-26-11-7-18-3-1-2-4-20(18)26/h1-6,16,19H,7-14H2,(H,24,28). The van der Waals surface area contributed by atoms with Crippen LogP contribution in [0.2, 0.25) is 0 Å². The Balaban J connectivity index is 1.22. The van der Waals surface area contributed by atoms with Crippen LogP contribution < -0.4 is 15.1 Å². The highest BCUT2D eigenvalue weighted by Crippen LogP contribution is 2.27. The number of aromatic nitrogens is 1. The van der Waals surface area contributed by atoms with E-state index in [4.69, 9.17) is 5.26 Å². The van der Waals surface area contributed by atoms with E-state index in [9.17, 15) is 4.79 Å². The summed E-state index contributed by atoms with van der Waals surface area (Å²) >= 11 is 0. The number of fused-ring (bicyclic) bond motifs is 1. The highest BCUT2D eigenvalue weighted by atomic mass is 16.1. The Morgan fingerprint density at radius 3 is 2.75 bits per heavy atom. The minimum Gasteiger partial charge on any atom is -0.369 e. The van der Waals surface area contributed by atoms with E-state index < -0.39 is 0 Å². The molecule has 1 aromatic carbocycles. The van der Waals surface area contributed by atoms with Crippen LogP contribution in [0.3, 0.4) is 0 Å². The predicted molar refractivity (Wildman–Crippen MR) is 109 cm³/mol. The maximum absolute atomic E-state index is 12.5. The van der Waals surface area contributed by atoms with Gasteiger partial charge in [-0.05, 0) is 43.0 Å². The molecule has 6 heteroatoms. The van der Waals surface area contributed by atoms with E-state index in [0.29, 0.717) is 12.1 Å². The van der Waals surface area contributed by atoms with Crippen molar-refractivity contribution >= 4 is 17.4 Å². The number of benzene rings is 1. The zero-order chi connectivity index (χ0) is 19.3. The Labute approximate surface area is 165 Å². The van der Waals surface area contributed by atoms with Gasteiger partial charge >= 0.3 is 0 Å². The van der Waals surface area contributed by atoms with Gasteiger partial charge in [-0.25, -0.2) is 4.98 Å². The van der Waals surface area contributed by atoms with E-state index in [1.807, 2.05) is 6.07 Å². The number of carbonyl (C=O) groups excluding carboxylic acids is 1. The molecule has 2 aromatic rings. The lowest BCUT2D eigenvalue weighted by molar-refractivity contribution is -0.125. The Hall–Kier alpha value is -3.07. The molecule has 0 bridgehead atoms. The van der Waals surface area contributed by atoms with Crippen LogP contribution in [0.15, 0.2) is 42.6 Å². The molecule has 28 heavy (non-hydrogen) atoms. The third kappa shape index (κ3) is 3.94. The number of carbonyl (C=O) groups is 1. The van der Waals surface area contributed by atoms with Crippen LogP contribution in [-0.4, -0.2) is 43.6 Å². The van der Waals surface area contributed by atoms with Gasteiger partial charge in [-0.15, -0.1) is 0 Å². The number of nitrogens with zero attached hydrogens (tertiary/aromatic N) is 4. The summed E-state index contributed by atoms with van der Waals surface area (Å²) in [7, 11) is 0. The molecule has 1 N–H and O–H groups in total. The maximum Gasteiger partial charge on any atom is 0.223 e. The molecule has 1 saturated heterocycles. The van der Waals surface area contributed by atoms with Gasteiger partial charge in [-0.2, -0.15) is 5.26 Å². The molecular weight excluding hydrogens is 350 g/mol. The average Bonchev–Trinajstić information content (AvgIpc) is 3.17. The number of anilines is 2. The van der Waals surface area contributed by atoms with Gasteiger partial charge in [0, 0.05) is 50.5 Å². The number of pyridine rings is 1. The molecule has 1 amide bonds. The summed E-state index contributed by atoms with van der Waals surface area (Å²) in [5.41, 5.74) is 3.27. The first kappa shape index (κ1) is 18.3. The molecule has 6 nitrogen and oxygen atoms in total. The Bertz CT molecular complexity index is 865. The summed E-state index contributed by atoms with van der Waals surface area (Å²) in [6.07, 6.45) is 4.36. The number of piperidine rings is 1. The first-order valence-corrected chi connectivity index (χ1v) is 9.96. The molecule has 0 saturated carbocycles. The van der Waals surface area contributed by atoms with Crippen LogP contribution in [-0.2, 0) is 11.2 Å². The average molecular weight is 375 g/mol. The van der Waals surface area contributed by atoms with Gasteiger partial charge in [0.05, 0.1) is 5.56 Å². The first-order chi connectivity index (χ1) is 13.7. The van der Waals surface area contributed by atoms with E-state index in [1.165, 1.54) is 11.3 Å². The van der Waals surface area contributed by atoms with Crippen LogP contribution in [0, 0.1) is 17.2 Å². The fourth-order valence-corrected chi connectivity index (χ4v) is 4.11. The monoisotopic (exact) mass is 375 g/mol. The third-order valence-electron chi connectivity index (χ3n) is 5.73. The number of hydrogen-bond donors (Lipinski definition) is 1. The number of para-hydroxylation sites is 1. The Kier molecular flexibility index (Phi) is 5.43. The van der Waals surface area contributed by atoms with Crippen molar-refractivity contribution in [1.82, 2.24) is 10.3 Å². The van der Waals surface area contributed by atoms with Crippen molar-refractivity contribution in [2.75, 3.05) is 42.5 Å². The van der Waals surface area contributed by atoms with E-state index in [1.54, 1.807) is 12.3 Å². The molecule has 144 valence electrons. The highest BCUT2D eigenvalue weighted by molar-refractivity contribution is 5.79. The molecular formula is C22H25N5O. The van der Waals surface area contributed by atoms with Crippen molar-refractivity contribution in [2.24, 2.45) is 5.92 Å². The van der Waals surface area contributed by atoms with Gasteiger partial charge in [0.1, 0.15) is 11.9 Å². The van der Waals surface area contributed by atoms with Crippen LogP contribution in [0.4, 0.5) is 11.5 Å². The maximum atomic E-state index is 12.5. The molecule has 4 rings (SSSR count). The molecule has 2 aliphatic rings. The van der Waals surface area contributed by atoms with Crippen molar-refractivity contribution in [3.63, 3.8) is 0 Å². The lowest BCUT2D eigenvalue weighted by Crippen LogP contribution is -2.42. The number of amides is 1. The van der Waals surface area contributed by atoms with Crippen molar-refractivity contribution in [1.29, 1.82) is 5.26 Å². The number of nitrogens with one attached hydrogen (secondary N) is 1. The summed E-state index contributed by atoms with van der Waals surface area (Å²) in [6, 6.07) is 14.3. The first-order valence-electron chi connectivity index (χ1n) is 9.96. The van der Waals surface area contributed by atoms with Crippen LogP contribution in [0.25, 0.3) is 0 Å². The second kappa shape index (κ2) is 8.30. The SMILES string of the molecule is N#Cc1ccc(N2CCC(C(=O)NCCN3CCc4ccccc43)CC2)nc1. The molecule has 0 atom stereocenters. The quantitative estimate of drug-likeness (QED) is 0.869. The van der Waals surface area contributed by atoms with Gasteiger partial charge in [0.25, 0.3) is 0 Å². The topological polar surface area (TPSA) is 72.3 Å². The molecule has 1 aromatic heterocycles. The zero-order valence-electron chi connectivity index (χ0n) is 16.0. The van der Waals surface area contributed by atoms with Gasteiger partial charge in [0.15, 0.2) is 0 Å². The van der Waals surface area contributed by atoms with Gasteiger partial charge < -0.3 is 15.1 Å². The smallest absolute Gasteiger partial charge is 0.223 e. The number of hydrogen-bond acceptors (Lipinski definition) is 5. The van der Waals surface area contributed by atoms with Gasteiger partial charge in [-0.1, -0.05) is 18.2 Å². The van der Waals surface area contributed by atoms with E-state index in [2.05, 4.69) is 50.4 Å². The Morgan fingerprint density at radius 1 is 1.18 bits per heavy atom. The summed E-state index contributed by atoms with van der Waals surface area (Å²) in [4.78, 5) is 21.4. The molecule has 2 aliphatic heterocycles. The molecule has 0 radical (unpaired) electrons. The lowest BCUT2D eigenvalue weighted by Gasteiger charge is -2.32. The van der Waals surface area contributed by atoms with Crippen molar-refractivity contribution in [3.05, 3.63) is 53.7 Å². The largest absolute Gasteiger partial charge is 0.369 e. The predicted octanol–water partition coefficient (Wildman–Crippen LogP) is 2.35. The second-order valence-corrected chi connectivity index (χ2v) is 7.43. The molecule has 3 heterocycles.